The van der Waals surface area contributed by atoms with Gasteiger partial charge >= 0.3 is 190 Å². The van der Waals surface area contributed by atoms with Crippen LogP contribution in [0.15, 0.2) is 71.6 Å². The summed E-state index contributed by atoms with van der Waals surface area (Å²) in [6, 6.07) is 22.4. The Hall–Kier alpha value is -0.347. The monoisotopic (exact) mass is 606 g/mol. The molecule has 0 aromatic heterocycles. The van der Waals surface area contributed by atoms with Gasteiger partial charge in [-0.25, -0.2) is 0 Å². The molecule has 0 fully saturated rings. The van der Waals surface area contributed by atoms with E-state index in [-0.39, 0.29) is 24.8 Å². The standard InChI is InChI=1S/C13H9.C11H6BrS.2ClH.S.Zr/c1-3-7-12-10(5-1)9-11-6-2-4-8-13(11)12;12-11-6-9-8-4-2-1-3-7(8)5-10(9)13-11;;;;/h1-7H,9H2;1-2,4-6,11H;2*1H;;/q;;;;;+2/p-2. The average molecular weight is 610 g/mol. The van der Waals surface area contributed by atoms with Crippen LogP contribution < -0.4 is 31.4 Å². The maximum atomic E-state index is 6.37. The van der Waals surface area contributed by atoms with E-state index >= 15 is 0 Å². The Kier molecular flexibility index (Phi) is 6.76. The van der Waals surface area contributed by atoms with E-state index < -0.39 is 19.7 Å². The molecule has 0 spiro atoms. The first-order chi connectivity index (χ1) is 13.7. The summed E-state index contributed by atoms with van der Waals surface area (Å²) in [5.41, 5.74) is 9.89. The third-order valence-electron chi connectivity index (χ3n) is 5.78. The topological polar surface area (TPSA) is 0 Å². The van der Waals surface area contributed by atoms with Crippen LogP contribution in [-0.2, 0) is 26.1 Å². The second kappa shape index (κ2) is 8.89. The molecule has 1 heterocycles. The molecular weight excluding hydrogens is 594 g/mol. The summed E-state index contributed by atoms with van der Waals surface area (Å²) in [4.78, 5) is 1.39. The average Bonchev–Trinajstić information content (AvgIpc) is 3.36. The predicted octanol–water partition coefficient (Wildman–Crippen LogP) is 0.153. The van der Waals surface area contributed by atoms with Crippen LogP contribution in [-0.4, -0.2) is 4.16 Å². The van der Waals surface area contributed by atoms with Gasteiger partial charge in [-0.3, -0.25) is 0 Å². The Balaban J connectivity index is 0.00000109. The van der Waals surface area contributed by atoms with Gasteiger partial charge in [-0.1, -0.05) is 0 Å². The van der Waals surface area contributed by atoms with Crippen LogP contribution in [0.1, 0.15) is 22.3 Å². The first-order valence-electron chi connectivity index (χ1n) is 9.33. The number of benzene rings is 3. The molecule has 0 bridgehead atoms. The zero-order chi connectivity index (χ0) is 18.8. The van der Waals surface area contributed by atoms with Gasteiger partial charge in [0.25, 0.3) is 0 Å². The molecule has 0 saturated heterocycles. The number of allylic oxidation sites excluding steroid dienone is 1. The van der Waals surface area contributed by atoms with E-state index in [4.69, 9.17) is 8.86 Å². The summed E-state index contributed by atoms with van der Waals surface area (Å²) in [6.45, 7) is 0. The van der Waals surface area contributed by atoms with Gasteiger partial charge in [-0.05, 0) is 0 Å². The summed E-state index contributed by atoms with van der Waals surface area (Å²) in [6.07, 6.45) is 5.75. The number of fused-ring (bicyclic) bond motifs is 6. The maximum absolute atomic E-state index is 6.37. The van der Waals surface area contributed by atoms with Gasteiger partial charge in [0, 0.05) is 0 Å². The first-order valence-corrected chi connectivity index (χ1v) is 17.0. The van der Waals surface area contributed by atoms with Crippen molar-refractivity contribution in [3.05, 3.63) is 93.9 Å². The molecule has 6 heteroatoms. The van der Waals surface area contributed by atoms with E-state index in [1.165, 1.54) is 50.4 Å². The van der Waals surface area contributed by atoms with Gasteiger partial charge in [0.1, 0.15) is 0 Å². The summed E-state index contributed by atoms with van der Waals surface area (Å²) in [5, 5.41) is 0. The van der Waals surface area contributed by atoms with Crippen LogP contribution >= 0.6 is 36.5 Å². The molecule has 1 aliphatic heterocycles. The normalized spacial score (nSPS) is 16.6. The van der Waals surface area contributed by atoms with E-state index in [1.807, 2.05) is 11.8 Å². The van der Waals surface area contributed by atoms with Crippen molar-refractivity contribution in [2.75, 3.05) is 0 Å². The molecule has 6 rings (SSSR count). The van der Waals surface area contributed by atoms with Crippen molar-refractivity contribution >= 4 is 54.7 Å². The number of hydrogen-bond acceptors (Lipinski definition) is 2. The molecular formula is C24H15BrCl2S2Zr. The van der Waals surface area contributed by atoms with Crippen molar-refractivity contribution in [1.82, 2.24) is 0 Å². The Morgan fingerprint density at radius 3 is 2.43 bits per heavy atom. The van der Waals surface area contributed by atoms with E-state index in [2.05, 4.69) is 88.7 Å². The summed E-state index contributed by atoms with van der Waals surface area (Å²) < 4.78 is 3.30. The number of alkyl halides is 1. The molecule has 30 heavy (non-hydrogen) atoms. The molecule has 1 atom stereocenters. The molecule has 1 unspecified atom stereocenters. The molecule has 0 radical (unpaired) electrons. The number of thioether (sulfide) groups is 1. The molecule has 3 aliphatic rings. The van der Waals surface area contributed by atoms with Gasteiger partial charge in [0.15, 0.2) is 0 Å². The zero-order valence-electron chi connectivity index (χ0n) is 15.7. The van der Waals surface area contributed by atoms with Gasteiger partial charge in [-0.2, -0.15) is 0 Å². The minimum atomic E-state index is -2.43. The Labute approximate surface area is 212 Å². The van der Waals surface area contributed by atoms with Crippen molar-refractivity contribution in [1.29, 1.82) is 0 Å². The predicted molar refractivity (Wildman–Crippen MR) is 124 cm³/mol. The van der Waals surface area contributed by atoms with Crippen LogP contribution in [0.2, 0.25) is 0 Å². The van der Waals surface area contributed by atoms with Crippen molar-refractivity contribution in [3.63, 3.8) is 0 Å². The fourth-order valence-electron chi connectivity index (χ4n) is 4.57. The molecule has 3 aromatic rings. The molecule has 0 N–H and O–H groups in total. The number of hydrogen-bond donors (Lipinski definition) is 0. The summed E-state index contributed by atoms with van der Waals surface area (Å²) >= 11 is 3.18. The first kappa shape index (κ1) is 22.8. The Morgan fingerprint density at radius 1 is 0.867 bits per heavy atom. The second-order valence-electron chi connectivity index (χ2n) is 7.33. The SMILES string of the molecule is [Cl-].[Cl-].[S]=[Zr+2]([c]1cccc2c1C=C1SC(Br)C=C12)[c]1cccc2c1-c1ccccc1C2. The Bertz CT molecular complexity index is 1270. The summed E-state index contributed by atoms with van der Waals surface area (Å²) in [5.74, 6) is 0. The fraction of sp³-hybridized carbons (Fsp3) is 0.0833. The van der Waals surface area contributed by atoms with E-state index in [0.29, 0.717) is 4.16 Å². The van der Waals surface area contributed by atoms with Crippen LogP contribution in [0.5, 0.6) is 0 Å². The quantitative estimate of drug-likeness (QED) is 0.297. The molecule has 2 aliphatic carbocycles. The molecule has 0 amide bonds. The molecule has 0 nitrogen and oxygen atoms in total. The Morgan fingerprint density at radius 2 is 1.57 bits per heavy atom. The van der Waals surface area contributed by atoms with E-state index in [1.54, 1.807) is 0 Å². The van der Waals surface area contributed by atoms with Crippen molar-refractivity contribution in [2.24, 2.45) is 0 Å². The van der Waals surface area contributed by atoms with Gasteiger partial charge in [0.05, 0.1) is 0 Å². The third kappa shape index (κ3) is 3.52. The fourth-order valence-corrected chi connectivity index (χ4v) is 12.8. The van der Waals surface area contributed by atoms with E-state index in [0.717, 1.165) is 6.42 Å². The van der Waals surface area contributed by atoms with Crippen LogP contribution in [0, 0.1) is 0 Å². The number of rotatable bonds is 2. The van der Waals surface area contributed by atoms with Crippen LogP contribution in [0.4, 0.5) is 0 Å². The molecule has 3 aromatic carbocycles. The molecule has 148 valence electrons. The van der Waals surface area contributed by atoms with Crippen molar-refractivity contribution in [2.45, 2.75) is 10.6 Å². The van der Waals surface area contributed by atoms with Gasteiger partial charge < -0.3 is 24.8 Å². The third-order valence-corrected chi connectivity index (χ3v) is 14.7. The number of halogens is 3. The van der Waals surface area contributed by atoms with Crippen LogP contribution in [0.3, 0.4) is 0 Å². The van der Waals surface area contributed by atoms with Crippen molar-refractivity contribution in [3.8, 4) is 11.1 Å². The van der Waals surface area contributed by atoms with Crippen molar-refractivity contribution < 1.29 is 44.5 Å². The van der Waals surface area contributed by atoms with Gasteiger partial charge in [0.2, 0.25) is 0 Å². The zero-order valence-corrected chi connectivity index (χ0v) is 22.9. The van der Waals surface area contributed by atoms with Crippen LogP contribution in [0.25, 0.3) is 22.8 Å². The van der Waals surface area contributed by atoms with E-state index in [9.17, 15) is 0 Å². The minimum absolute atomic E-state index is 0. The molecule has 0 saturated carbocycles. The second-order valence-corrected chi connectivity index (χ2v) is 16.8. The summed E-state index contributed by atoms with van der Waals surface area (Å²) in [7, 11) is 6.37. The van der Waals surface area contributed by atoms with Gasteiger partial charge in [-0.15, -0.1) is 0 Å².